The maximum atomic E-state index is 12.4. The first-order valence-electron chi connectivity index (χ1n) is 7.01. The fraction of sp³-hybridized carbons (Fsp3) is 0.714. The smallest absolute Gasteiger partial charge is 0.233 e. The normalized spacial score (nSPS) is 36.7. The van der Waals surface area contributed by atoms with Crippen LogP contribution in [0.4, 0.5) is 0 Å². The van der Waals surface area contributed by atoms with E-state index < -0.39 is 0 Å². The summed E-state index contributed by atoms with van der Waals surface area (Å²) < 4.78 is 0. The van der Waals surface area contributed by atoms with Gasteiger partial charge in [-0.2, -0.15) is 0 Å². The van der Waals surface area contributed by atoms with Crippen molar-refractivity contribution >= 4 is 11.8 Å². The SMILES string of the molecule is O=C1[C@H]2CC=CC[C@H]2C(=O)N1C1CCCNCC1. The second-order valence-corrected chi connectivity index (χ2v) is 5.54. The summed E-state index contributed by atoms with van der Waals surface area (Å²) in [5.74, 6) is 0.0277. The third-order valence-electron chi connectivity index (χ3n) is 4.45. The summed E-state index contributed by atoms with van der Waals surface area (Å²) in [4.78, 5) is 26.4. The zero-order valence-electron chi connectivity index (χ0n) is 10.6. The Kier molecular flexibility index (Phi) is 3.20. The highest BCUT2D eigenvalue weighted by Gasteiger charge is 2.49. The number of allylic oxidation sites excluding steroid dienone is 2. The van der Waals surface area contributed by atoms with E-state index in [0.717, 1.165) is 45.2 Å². The zero-order valence-corrected chi connectivity index (χ0v) is 10.6. The number of rotatable bonds is 1. The van der Waals surface area contributed by atoms with Crippen LogP contribution in [0.5, 0.6) is 0 Å². The Hall–Kier alpha value is -1.16. The number of carbonyl (C=O) groups excluding carboxylic acids is 2. The molecule has 0 aromatic heterocycles. The number of hydrogen-bond acceptors (Lipinski definition) is 3. The maximum absolute atomic E-state index is 12.4. The van der Waals surface area contributed by atoms with Crippen molar-refractivity contribution < 1.29 is 9.59 Å². The van der Waals surface area contributed by atoms with Crippen molar-refractivity contribution in [3.63, 3.8) is 0 Å². The fourth-order valence-electron chi connectivity index (χ4n) is 3.44. The molecule has 4 heteroatoms. The minimum atomic E-state index is -0.0706. The van der Waals surface area contributed by atoms with E-state index in [1.165, 1.54) is 0 Å². The quantitative estimate of drug-likeness (QED) is 0.558. The lowest BCUT2D eigenvalue weighted by atomic mass is 9.85. The summed E-state index contributed by atoms with van der Waals surface area (Å²) in [7, 11) is 0. The molecule has 3 rings (SSSR count). The number of imide groups is 1. The highest BCUT2D eigenvalue weighted by molar-refractivity contribution is 6.05. The zero-order chi connectivity index (χ0) is 12.5. The van der Waals surface area contributed by atoms with Crippen molar-refractivity contribution in [2.24, 2.45) is 11.8 Å². The van der Waals surface area contributed by atoms with E-state index in [4.69, 9.17) is 0 Å². The average molecular weight is 248 g/mol. The number of fused-ring (bicyclic) bond motifs is 1. The summed E-state index contributed by atoms with van der Waals surface area (Å²) in [6.07, 6.45) is 8.50. The molecule has 0 radical (unpaired) electrons. The first kappa shape index (κ1) is 11.9. The van der Waals surface area contributed by atoms with Gasteiger partial charge in [0.1, 0.15) is 0 Å². The molecule has 18 heavy (non-hydrogen) atoms. The number of nitrogens with zero attached hydrogens (tertiary/aromatic N) is 1. The van der Waals surface area contributed by atoms with Gasteiger partial charge in [-0.05, 0) is 45.2 Å². The van der Waals surface area contributed by atoms with Crippen molar-refractivity contribution in [3.8, 4) is 0 Å². The van der Waals surface area contributed by atoms with Gasteiger partial charge in [-0.15, -0.1) is 0 Å². The van der Waals surface area contributed by atoms with E-state index in [1.807, 2.05) is 12.2 Å². The van der Waals surface area contributed by atoms with Crippen LogP contribution in [0.25, 0.3) is 0 Å². The predicted molar refractivity (Wildman–Crippen MR) is 67.7 cm³/mol. The van der Waals surface area contributed by atoms with E-state index in [2.05, 4.69) is 5.32 Å². The summed E-state index contributed by atoms with van der Waals surface area (Å²) in [5.41, 5.74) is 0. The van der Waals surface area contributed by atoms with Crippen molar-refractivity contribution in [2.75, 3.05) is 13.1 Å². The molecule has 2 amide bonds. The number of nitrogens with one attached hydrogen (secondary N) is 1. The molecular weight excluding hydrogens is 228 g/mol. The Bertz CT molecular complexity index is 357. The van der Waals surface area contributed by atoms with Crippen molar-refractivity contribution in [2.45, 2.75) is 38.1 Å². The number of likely N-dealkylation sites (tertiary alicyclic amines) is 1. The molecule has 3 aliphatic rings. The van der Waals surface area contributed by atoms with Crippen LogP contribution in [0.2, 0.25) is 0 Å². The van der Waals surface area contributed by atoms with Crippen LogP contribution in [0.1, 0.15) is 32.1 Å². The van der Waals surface area contributed by atoms with Gasteiger partial charge < -0.3 is 5.32 Å². The second-order valence-electron chi connectivity index (χ2n) is 5.54. The van der Waals surface area contributed by atoms with Gasteiger partial charge in [0.25, 0.3) is 0 Å². The van der Waals surface area contributed by atoms with E-state index in [1.54, 1.807) is 4.90 Å². The predicted octanol–water partition coefficient (Wildman–Crippen LogP) is 1.08. The molecule has 2 fully saturated rings. The molecule has 1 N–H and O–H groups in total. The Morgan fingerprint density at radius 1 is 1.00 bits per heavy atom. The molecule has 0 bridgehead atoms. The Morgan fingerprint density at radius 2 is 1.67 bits per heavy atom. The average Bonchev–Trinajstić information content (AvgIpc) is 2.61. The van der Waals surface area contributed by atoms with Gasteiger partial charge in [-0.25, -0.2) is 0 Å². The highest BCUT2D eigenvalue weighted by Crippen LogP contribution is 2.37. The van der Waals surface area contributed by atoms with Crippen LogP contribution >= 0.6 is 0 Å². The van der Waals surface area contributed by atoms with Gasteiger partial charge in [-0.3, -0.25) is 14.5 Å². The second kappa shape index (κ2) is 4.84. The van der Waals surface area contributed by atoms with Crippen LogP contribution in [-0.4, -0.2) is 35.8 Å². The summed E-state index contributed by atoms with van der Waals surface area (Å²) >= 11 is 0. The molecule has 3 atom stereocenters. The molecule has 0 spiro atoms. The van der Waals surface area contributed by atoms with Crippen LogP contribution < -0.4 is 5.32 Å². The lowest BCUT2D eigenvalue weighted by Gasteiger charge is -2.25. The molecule has 1 unspecified atom stereocenters. The van der Waals surface area contributed by atoms with Crippen molar-refractivity contribution in [1.29, 1.82) is 0 Å². The summed E-state index contributed by atoms with van der Waals surface area (Å²) in [6, 6.07) is 0.130. The highest BCUT2D eigenvalue weighted by atomic mass is 16.2. The largest absolute Gasteiger partial charge is 0.317 e. The van der Waals surface area contributed by atoms with Gasteiger partial charge >= 0.3 is 0 Å². The molecule has 0 aromatic carbocycles. The first-order chi connectivity index (χ1) is 8.79. The Morgan fingerprint density at radius 3 is 2.33 bits per heavy atom. The fourth-order valence-corrected chi connectivity index (χ4v) is 3.44. The van der Waals surface area contributed by atoms with Gasteiger partial charge in [0.2, 0.25) is 11.8 Å². The Balaban J connectivity index is 1.80. The molecule has 98 valence electrons. The topological polar surface area (TPSA) is 49.4 Å². The molecule has 4 nitrogen and oxygen atoms in total. The van der Waals surface area contributed by atoms with Crippen molar-refractivity contribution in [1.82, 2.24) is 10.2 Å². The van der Waals surface area contributed by atoms with Gasteiger partial charge in [0.05, 0.1) is 11.8 Å². The Labute approximate surface area is 107 Å². The lowest BCUT2D eigenvalue weighted by molar-refractivity contribution is -0.142. The number of hydrogen-bond donors (Lipinski definition) is 1. The third kappa shape index (κ3) is 1.88. The van der Waals surface area contributed by atoms with E-state index in [-0.39, 0.29) is 29.7 Å². The molecule has 2 heterocycles. The maximum Gasteiger partial charge on any atom is 0.233 e. The van der Waals surface area contributed by atoms with E-state index >= 15 is 0 Å². The van der Waals surface area contributed by atoms with Crippen LogP contribution in [0.15, 0.2) is 12.2 Å². The first-order valence-corrected chi connectivity index (χ1v) is 7.01. The molecule has 1 aliphatic carbocycles. The molecule has 0 saturated carbocycles. The minimum absolute atomic E-state index is 0.0706. The minimum Gasteiger partial charge on any atom is -0.317 e. The van der Waals surface area contributed by atoms with Crippen LogP contribution in [-0.2, 0) is 9.59 Å². The lowest BCUT2D eigenvalue weighted by Crippen LogP contribution is -2.41. The molecule has 0 aromatic rings. The number of amides is 2. The van der Waals surface area contributed by atoms with Crippen LogP contribution in [0, 0.1) is 11.8 Å². The van der Waals surface area contributed by atoms with E-state index in [0.29, 0.717) is 0 Å². The van der Waals surface area contributed by atoms with Gasteiger partial charge in [0, 0.05) is 6.04 Å². The molecular formula is C14H20N2O2. The third-order valence-corrected chi connectivity index (χ3v) is 4.45. The van der Waals surface area contributed by atoms with Crippen molar-refractivity contribution in [3.05, 3.63) is 12.2 Å². The molecule has 2 aliphatic heterocycles. The van der Waals surface area contributed by atoms with E-state index in [9.17, 15) is 9.59 Å². The van der Waals surface area contributed by atoms with Gasteiger partial charge in [-0.1, -0.05) is 12.2 Å². The molecule has 2 saturated heterocycles. The summed E-state index contributed by atoms with van der Waals surface area (Å²) in [6.45, 7) is 1.91. The van der Waals surface area contributed by atoms with Crippen LogP contribution in [0.3, 0.4) is 0 Å². The van der Waals surface area contributed by atoms with Gasteiger partial charge in [0.15, 0.2) is 0 Å². The standard InChI is InChI=1S/C14H20N2O2/c17-13-11-5-1-2-6-12(11)14(18)16(13)10-4-3-8-15-9-7-10/h1-2,10-12,15H,3-9H2/t10?,11-,12+. The summed E-state index contributed by atoms with van der Waals surface area (Å²) in [5, 5.41) is 3.33. The monoisotopic (exact) mass is 248 g/mol. The number of carbonyl (C=O) groups is 2.